The highest BCUT2D eigenvalue weighted by Gasteiger charge is 2.66. The zero-order valence-electron chi connectivity index (χ0n) is 22.4. The lowest BCUT2D eigenvalue weighted by atomic mass is 9.39. The van der Waals surface area contributed by atoms with Crippen molar-refractivity contribution < 1.29 is 14.6 Å². The number of ether oxygens (including phenoxy) is 1. The fourth-order valence-electron chi connectivity index (χ4n) is 10.0. The summed E-state index contributed by atoms with van der Waals surface area (Å²) in [5.41, 5.74) is 1.06. The summed E-state index contributed by atoms with van der Waals surface area (Å²) in [6, 6.07) is 0. The Kier molecular flexibility index (Phi) is 5.66. The van der Waals surface area contributed by atoms with Gasteiger partial charge in [-0.1, -0.05) is 13.8 Å². The molecule has 6 rings (SSSR count). The van der Waals surface area contributed by atoms with E-state index < -0.39 is 5.60 Å². The smallest absolute Gasteiger partial charge is 0.199 e. The Morgan fingerprint density at radius 1 is 1.06 bits per heavy atom. The lowest BCUT2D eigenvalue weighted by Crippen LogP contribution is -2.62. The molecule has 0 unspecified atom stereocenters. The molecule has 7 nitrogen and oxygen atoms in total. The van der Waals surface area contributed by atoms with E-state index in [0.717, 1.165) is 57.1 Å². The van der Waals surface area contributed by atoms with E-state index in [0.29, 0.717) is 35.7 Å². The number of ketones is 1. The molecule has 0 radical (unpaired) electrons. The van der Waals surface area contributed by atoms with Gasteiger partial charge in [0.2, 0.25) is 0 Å². The summed E-state index contributed by atoms with van der Waals surface area (Å²) in [6.07, 6.45) is 14.7. The molecule has 2 heterocycles. The van der Waals surface area contributed by atoms with Gasteiger partial charge in [0.05, 0.1) is 24.9 Å². The third-order valence-corrected chi connectivity index (χ3v) is 11.6. The van der Waals surface area contributed by atoms with Crippen LogP contribution >= 0.6 is 0 Å². The predicted molar refractivity (Wildman–Crippen MR) is 137 cm³/mol. The Bertz CT molecular complexity index is 1130. The first kappa shape index (κ1) is 24.5. The van der Waals surface area contributed by atoms with Gasteiger partial charge in [0, 0.05) is 30.8 Å². The summed E-state index contributed by atoms with van der Waals surface area (Å²) >= 11 is 0. The van der Waals surface area contributed by atoms with Gasteiger partial charge in [0.1, 0.15) is 5.52 Å². The summed E-state index contributed by atoms with van der Waals surface area (Å²) in [4.78, 5) is 22.3. The van der Waals surface area contributed by atoms with Crippen molar-refractivity contribution in [3.8, 4) is 0 Å². The molecule has 0 aliphatic heterocycles. The topological polar surface area (TPSA) is 90.1 Å². The molecule has 2 aromatic rings. The summed E-state index contributed by atoms with van der Waals surface area (Å²) < 4.78 is 7.69. The van der Waals surface area contributed by atoms with Crippen molar-refractivity contribution in [2.24, 2.45) is 39.9 Å². The predicted octanol–water partition coefficient (Wildman–Crippen LogP) is 4.82. The number of rotatable bonds is 5. The van der Waals surface area contributed by atoms with Crippen LogP contribution in [0, 0.1) is 39.9 Å². The van der Waals surface area contributed by atoms with Crippen molar-refractivity contribution in [1.29, 1.82) is 0 Å². The Morgan fingerprint density at radius 2 is 1.86 bits per heavy atom. The summed E-state index contributed by atoms with van der Waals surface area (Å²) in [7, 11) is 1.85. The molecule has 7 heteroatoms. The lowest BCUT2D eigenvalue weighted by Gasteiger charge is -2.67. The van der Waals surface area contributed by atoms with E-state index >= 15 is 0 Å². The number of aromatic nitrogens is 4. The van der Waals surface area contributed by atoms with Crippen molar-refractivity contribution >= 4 is 16.9 Å². The van der Waals surface area contributed by atoms with Crippen molar-refractivity contribution in [3.63, 3.8) is 0 Å². The average Bonchev–Trinajstić information content (AvgIpc) is 3.39. The molecule has 0 saturated heterocycles. The van der Waals surface area contributed by atoms with Gasteiger partial charge in [-0.05, 0) is 93.3 Å². The number of Topliss-reactive ketones (excluding diaryl/α,β-unsaturated/α-hetero) is 1. The number of nitrogens with zero attached hydrogens (tertiary/aromatic N) is 4. The number of carbonyl (C=O) groups excluding carboxylic acids is 1. The Labute approximate surface area is 214 Å². The Hall–Kier alpha value is -1.86. The summed E-state index contributed by atoms with van der Waals surface area (Å²) in [5, 5.41) is 15.5. The molecule has 0 bridgehead atoms. The van der Waals surface area contributed by atoms with Crippen LogP contribution < -0.4 is 0 Å². The van der Waals surface area contributed by atoms with E-state index in [2.05, 4.69) is 28.9 Å². The molecule has 4 fully saturated rings. The van der Waals surface area contributed by atoms with Crippen LogP contribution in [-0.4, -0.2) is 50.0 Å². The van der Waals surface area contributed by atoms with E-state index in [1.807, 2.05) is 20.2 Å². The maximum absolute atomic E-state index is 13.7. The largest absolute Gasteiger partial charge is 0.390 e. The second-order valence-electron chi connectivity index (χ2n) is 13.5. The van der Waals surface area contributed by atoms with Gasteiger partial charge in [-0.15, -0.1) is 0 Å². The van der Waals surface area contributed by atoms with E-state index in [1.54, 1.807) is 17.1 Å². The molecule has 196 valence electrons. The minimum absolute atomic E-state index is 0.0590. The number of hydrogen-bond acceptors (Lipinski definition) is 6. The molecular weight excluding hydrogens is 452 g/mol. The van der Waals surface area contributed by atoms with Gasteiger partial charge in [-0.3, -0.25) is 9.48 Å². The molecule has 0 spiro atoms. The zero-order valence-corrected chi connectivity index (χ0v) is 22.4. The van der Waals surface area contributed by atoms with Crippen molar-refractivity contribution in [2.75, 3.05) is 13.7 Å². The quantitative estimate of drug-likeness (QED) is 0.641. The first-order valence-corrected chi connectivity index (χ1v) is 14.0. The fraction of sp³-hybridized carbons (Fsp3) is 0.793. The molecule has 4 aliphatic carbocycles. The number of methoxy groups -OCH3 is 1. The van der Waals surface area contributed by atoms with E-state index in [1.165, 1.54) is 12.8 Å². The molecular formula is C29H42N4O3. The average molecular weight is 495 g/mol. The molecule has 4 saturated carbocycles. The molecule has 1 N–H and O–H groups in total. The lowest BCUT2D eigenvalue weighted by molar-refractivity contribution is -0.215. The molecule has 4 aliphatic rings. The Morgan fingerprint density at radius 3 is 2.64 bits per heavy atom. The highest BCUT2D eigenvalue weighted by molar-refractivity contribution is 5.82. The third-order valence-electron chi connectivity index (χ3n) is 11.6. The SMILES string of the molecule is COC[C@]12CC[C@@](C)(O)C[C@@]1(C)CC[C@H]1[C@@H]3CC[C@H](C(=O)Cn4cc5nccnc5n4)[C@@]3(C)CC[C@@H]12. The molecule has 8 atom stereocenters. The first-order chi connectivity index (χ1) is 17.1. The van der Waals surface area contributed by atoms with Crippen LogP contribution in [0.2, 0.25) is 0 Å². The number of fused-ring (bicyclic) bond motifs is 6. The highest BCUT2D eigenvalue weighted by atomic mass is 16.5. The normalized spacial score (nSPS) is 44.1. The zero-order chi connectivity index (χ0) is 25.3. The van der Waals surface area contributed by atoms with Gasteiger partial charge in [-0.2, -0.15) is 5.10 Å². The van der Waals surface area contributed by atoms with Crippen molar-refractivity contribution in [2.45, 2.75) is 90.7 Å². The van der Waals surface area contributed by atoms with Crippen molar-refractivity contribution in [3.05, 3.63) is 18.6 Å². The second-order valence-corrected chi connectivity index (χ2v) is 13.5. The van der Waals surface area contributed by atoms with Gasteiger partial charge in [-0.25, -0.2) is 9.97 Å². The monoisotopic (exact) mass is 494 g/mol. The molecule has 0 amide bonds. The standard InChI is InChI=1S/C29H42N4O3/c1-26-9-7-19-20-5-6-22(24(34)16-33-15-23-25(32-33)31-14-13-30-23)28(20,3)10-8-21(19)29(26,18-36-4)12-11-27(2,35)17-26/h13-15,19-22,35H,5-12,16-18H2,1-4H3/t19-,20-,21-,22+,26+,27+,28-,29-/m0/s1. The molecule has 0 aromatic carbocycles. The fourth-order valence-corrected chi connectivity index (χ4v) is 10.0. The Balaban J connectivity index is 1.25. The minimum Gasteiger partial charge on any atom is -0.390 e. The van der Waals surface area contributed by atoms with Gasteiger partial charge >= 0.3 is 0 Å². The minimum atomic E-state index is -0.574. The van der Waals surface area contributed by atoms with Crippen LogP contribution in [0.15, 0.2) is 18.6 Å². The second kappa shape index (κ2) is 8.32. The van der Waals surface area contributed by atoms with Gasteiger partial charge in [0.15, 0.2) is 11.4 Å². The first-order valence-electron chi connectivity index (χ1n) is 14.0. The van der Waals surface area contributed by atoms with Crippen LogP contribution in [0.25, 0.3) is 11.2 Å². The van der Waals surface area contributed by atoms with E-state index in [9.17, 15) is 9.90 Å². The third kappa shape index (κ3) is 3.52. The molecule has 36 heavy (non-hydrogen) atoms. The van der Waals surface area contributed by atoms with Crippen LogP contribution in [0.5, 0.6) is 0 Å². The number of hydrogen-bond donors (Lipinski definition) is 1. The van der Waals surface area contributed by atoms with Gasteiger partial charge < -0.3 is 9.84 Å². The van der Waals surface area contributed by atoms with Crippen molar-refractivity contribution in [1.82, 2.24) is 19.7 Å². The number of carbonyl (C=O) groups is 1. The summed E-state index contributed by atoms with van der Waals surface area (Å²) in [5.74, 6) is 2.26. The maximum atomic E-state index is 13.7. The van der Waals surface area contributed by atoms with E-state index in [-0.39, 0.29) is 22.2 Å². The van der Waals surface area contributed by atoms with Gasteiger partial charge in [0.25, 0.3) is 0 Å². The maximum Gasteiger partial charge on any atom is 0.199 e. The highest BCUT2D eigenvalue weighted by Crippen LogP contribution is 2.71. The van der Waals surface area contributed by atoms with E-state index in [4.69, 9.17) is 4.74 Å². The summed E-state index contributed by atoms with van der Waals surface area (Å²) in [6.45, 7) is 7.97. The van der Waals surface area contributed by atoms with Crippen LogP contribution in [0.3, 0.4) is 0 Å². The van der Waals surface area contributed by atoms with Crippen LogP contribution in [0.1, 0.15) is 78.6 Å². The molecule has 2 aromatic heterocycles. The van der Waals surface area contributed by atoms with Crippen LogP contribution in [0.4, 0.5) is 0 Å². The van der Waals surface area contributed by atoms with Crippen LogP contribution in [-0.2, 0) is 16.1 Å². The number of aliphatic hydroxyl groups is 1.